The van der Waals surface area contributed by atoms with Crippen molar-refractivity contribution in [3.8, 4) is 11.5 Å². The van der Waals surface area contributed by atoms with E-state index in [2.05, 4.69) is 9.80 Å². The van der Waals surface area contributed by atoms with Gasteiger partial charge in [0.1, 0.15) is 11.5 Å². The van der Waals surface area contributed by atoms with Crippen LogP contribution in [0.5, 0.6) is 11.5 Å². The van der Waals surface area contributed by atoms with Gasteiger partial charge in [-0.05, 0) is 55.4 Å². The van der Waals surface area contributed by atoms with E-state index in [1.807, 2.05) is 35.2 Å². The van der Waals surface area contributed by atoms with Crippen LogP contribution < -0.4 is 9.64 Å². The molecule has 49 heavy (non-hydrogen) atoms. The quantitative estimate of drug-likeness (QED) is 0.169. The van der Waals surface area contributed by atoms with Gasteiger partial charge in [-0.3, -0.25) is 9.69 Å². The van der Waals surface area contributed by atoms with Crippen LogP contribution in [0.1, 0.15) is 27.9 Å². The van der Waals surface area contributed by atoms with Gasteiger partial charge in [0, 0.05) is 60.7 Å². The van der Waals surface area contributed by atoms with E-state index in [9.17, 15) is 23.1 Å². The molecule has 0 radical (unpaired) electrons. The molecule has 2 aliphatic rings. The van der Waals surface area contributed by atoms with Crippen LogP contribution in [0.4, 0.5) is 24.5 Å². The predicted octanol–water partition coefficient (Wildman–Crippen LogP) is 7.78. The Morgan fingerprint density at radius 3 is 2.06 bits per heavy atom. The average Bonchev–Trinajstić information content (AvgIpc) is 3.08. The Labute approximate surface area is 301 Å². The van der Waals surface area contributed by atoms with Gasteiger partial charge in [-0.25, -0.2) is 0 Å². The Bertz CT molecular complexity index is 1660. The first kappa shape index (κ1) is 40.0. The van der Waals surface area contributed by atoms with E-state index in [1.54, 1.807) is 42.5 Å². The van der Waals surface area contributed by atoms with Crippen molar-refractivity contribution in [2.45, 2.75) is 22.4 Å². The van der Waals surface area contributed by atoms with Gasteiger partial charge in [0.2, 0.25) is 0 Å². The van der Waals surface area contributed by atoms with Gasteiger partial charge in [0.05, 0.1) is 36.2 Å². The highest BCUT2D eigenvalue weighted by Gasteiger charge is 2.33. The lowest BCUT2D eigenvalue weighted by Gasteiger charge is -2.36. The molecule has 0 saturated carbocycles. The number of anilines is 2. The maximum Gasteiger partial charge on any atom is 0.416 e. The first-order chi connectivity index (χ1) is 22.7. The number of aromatic hydroxyl groups is 1. The minimum atomic E-state index is -4.35. The van der Waals surface area contributed by atoms with Crippen molar-refractivity contribution >= 4 is 53.7 Å². The van der Waals surface area contributed by atoms with E-state index < -0.39 is 11.7 Å². The number of ether oxygens (including phenoxy) is 1. The summed E-state index contributed by atoms with van der Waals surface area (Å²) in [6.07, 6.45) is -3.48. The van der Waals surface area contributed by atoms with Crippen molar-refractivity contribution in [1.82, 2.24) is 9.80 Å². The summed E-state index contributed by atoms with van der Waals surface area (Å²) in [4.78, 5) is 20.7. The highest BCUT2D eigenvalue weighted by Crippen LogP contribution is 2.49. The highest BCUT2D eigenvalue weighted by atomic mass is 35.5. The Kier molecular flexibility index (Phi) is 15.1. The maximum absolute atomic E-state index is 13.3. The van der Waals surface area contributed by atoms with Gasteiger partial charge in [0.25, 0.3) is 0 Å². The molecule has 6 rings (SSSR count). The molecule has 2 N–H and O–H groups in total. The normalized spacial score (nSPS) is 14.3. The first-order valence-corrected chi connectivity index (χ1v) is 16.3. The van der Waals surface area contributed by atoms with E-state index in [4.69, 9.17) is 9.84 Å². The Hall–Kier alpha value is -3.45. The van der Waals surface area contributed by atoms with Gasteiger partial charge in [-0.15, -0.1) is 24.8 Å². The molecule has 0 aromatic heterocycles. The number of aliphatic hydroxyl groups is 1. The summed E-state index contributed by atoms with van der Waals surface area (Å²) in [5.41, 5.74) is 1.83. The first-order valence-electron chi connectivity index (χ1n) is 15.5. The van der Waals surface area contributed by atoms with Crippen molar-refractivity contribution in [3.63, 3.8) is 0 Å². The van der Waals surface area contributed by atoms with E-state index in [0.29, 0.717) is 30.1 Å². The minimum Gasteiger partial charge on any atom is -0.507 e. The lowest BCUT2D eigenvalue weighted by molar-refractivity contribution is -0.137. The number of nitrogens with zero attached hydrogens (tertiary/aromatic N) is 3. The van der Waals surface area contributed by atoms with E-state index >= 15 is 0 Å². The van der Waals surface area contributed by atoms with Gasteiger partial charge >= 0.3 is 6.18 Å². The third-order valence-electron chi connectivity index (χ3n) is 8.18. The summed E-state index contributed by atoms with van der Waals surface area (Å²) < 4.78 is 44.9. The van der Waals surface area contributed by atoms with Crippen LogP contribution >= 0.6 is 36.6 Å². The van der Waals surface area contributed by atoms with Crippen molar-refractivity contribution in [3.05, 3.63) is 108 Å². The molecular formula is C36H40Cl2F3N3O4S. The SMILES string of the molecule is COc1ccc(C(=O)c2ccccc2)c(O)c1.Cl.Cl.OCCN1CCN(CCCN2c3ccccc3Sc3ccc(C(F)(F)F)cc32)CC1. The minimum absolute atomic E-state index is 0. The molecule has 0 unspecified atom stereocenters. The molecular weight excluding hydrogens is 698 g/mol. The largest absolute Gasteiger partial charge is 0.507 e. The van der Waals surface area contributed by atoms with Crippen LogP contribution in [0, 0.1) is 0 Å². The molecule has 13 heteroatoms. The Balaban J connectivity index is 0.000000293. The fourth-order valence-corrected chi connectivity index (χ4v) is 6.73. The molecule has 1 saturated heterocycles. The fourth-order valence-electron chi connectivity index (χ4n) is 5.65. The number of phenols is 1. The second-order valence-electron chi connectivity index (χ2n) is 11.2. The summed E-state index contributed by atoms with van der Waals surface area (Å²) in [6.45, 7) is 6.29. The number of carbonyl (C=O) groups excluding carboxylic acids is 1. The number of fused-ring (bicyclic) bond motifs is 2. The third-order valence-corrected chi connectivity index (χ3v) is 9.31. The topological polar surface area (TPSA) is 76.5 Å². The molecule has 2 heterocycles. The number of methoxy groups -OCH3 is 1. The van der Waals surface area contributed by atoms with E-state index in [1.165, 1.54) is 37.1 Å². The molecule has 7 nitrogen and oxygen atoms in total. The maximum atomic E-state index is 13.3. The van der Waals surface area contributed by atoms with Crippen molar-refractivity contribution in [2.75, 3.05) is 64.4 Å². The Morgan fingerprint density at radius 1 is 0.796 bits per heavy atom. The van der Waals surface area contributed by atoms with Crippen molar-refractivity contribution in [1.29, 1.82) is 0 Å². The Morgan fingerprint density at radius 2 is 1.43 bits per heavy atom. The van der Waals surface area contributed by atoms with Gasteiger partial charge in [-0.2, -0.15) is 13.2 Å². The van der Waals surface area contributed by atoms with E-state index in [-0.39, 0.29) is 48.5 Å². The number of para-hydroxylation sites is 1. The van der Waals surface area contributed by atoms with E-state index in [0.717, 1.165) is 54.6 Å². The summed E-state index contributed by atoms with van der Waals surface area (Å²) in [5.74, 6) is 0.246. The van der Waals surface area contributed by atoms with Crippen LogP contribution in [0.2, 0.25) is 0 Å². The predicted molar refractivity (Wildman–Crippen MR) is 193 cm³/mol. The van der Waals surface area contributed by atoms with Crippen molar-refractivity contribution < 1.29 is 32.9 Å². The number of alkyl halides is 3. The number of rotatable bonds is 9. The van der Waals surface area contributed by atoms with Crippen molar-refractivity contribution in [2.24, 2.45) is 0 Å². The molecule has 264 valence electrons. The number of β-amino-alcohol motifs (C(OH)–C–C–N with tert-alkyl or cyclic N) is 1. The monoisotopic (exact) mass is 737 g/mol. The average molecular weight is 739 g/mol. The molecule has 4 aromatic carbocycles. The number of hydrogen-bond donors (Lipinski definition) is 2. The summed E-state index contributed by atoms with van der Waals surface area (Å²) in [5, 5.41) is 18.8. The number of ketones is 1. The van der Waals surface area contributed by atoms with Crippen LogP contribution in [0.15, 0.2) is 101 Å². The summed E-state index contributed by atoms with van der Waals surface area (Å²) >= 11 is 1.53. The van der Waals surface area contributed by atoms with Gasteiger partial charge < -0.3 is 24.7 Å². The zero-order chi connectivity index (χ0) is 33.4. The van der Waals surface area contributed by atoms with Gasteiger partial charge in [-0.1, -0.05) is 54.2 Å². The molecule has 1 fully saturated rings. The van der Waals surface area contributed by atoms with Crippen LogP contribution in [-0.4, -0.2) is 85.3 Å². The second-order valence-corrected chi connectivity index (χ2v) is 12.3. The number of piperazine rings is 1. The zero-order valence-electron chi connectivity index (χ0n) is 26.9. The third kappa shape index (κ3) is 10.3. The summed E-state index contributed by atoms with van der Waals surface area (Å²) in [6, 6.07) is 25.4. The van der Waals surface area contributed by atoms with Gasteiger partial charge in [0.15, 0.2) is 5.78 Å². The standard InChI is InChI=1S/C22H26F3N3OS.C14H12O3.2ClH/c23-22(24,25)17-6-7-21-19(16-17)28(18-4-1-2-5-20(18)30-21)9-3-8-26-10-12-27(13-11-26)14-15-29;1-17-11-7-8-12(13(15)9-11)14(16)10-5-3-2-4-6-10;;/h1-2,4-7,16,29H,3,8-15H2;2-9,15H,1H3;2*1H. The highest BCUT2D eigenvalue weighted by molar-refractivity contribution is 7.99. The molecule has 0 atom stereocenters. The molecule has 0 bridgehead atoms. The lowest BCUT2D eigenvalue weighted by atomic mass is 10.0. The molecule has 0 aliphatic carbocycles. The molecule has 0 amide bonds. The molecule has 4 aromatic rings. The number of phenolic OH excluding ortho intramolecular Hbond substituents is 1. The van der Waals surface area contributed by atoms with Crippen LogP contribution in [0.3, 0.4) is 0 Å². The number of carbonyl (C=O) groups is 1. The molecule has 2 aliphatic heterocycles. The lowest BCUT2D eigenvalue weighted by Crippen LogP contribution is -2.47. The number of aliphatic hydroxyl groups excluding tert-OH is 1. The number of halogens is 5. The fraction of sp³-hybridized carbons (Fsp3) is 0.306. The van der Waals surface area contributed by atoms with Crippen LogP contribution in [0.25, 0.3) is 0 Å². The second kappa shape index (κ2) is 18.5. The number of hydrogen-bond acceptors (Lipinski definition) is 8. The molecule has 0 spiro atoms. The summed E-state index contributed by atoms with van der Waals surface area (Å²) in [7, 11) is 1.51. The number of benzene rings is 4. The smallest absolute Gasteiger partial charge is 0.416 e. The van der Waals surface area contributed by atoms with Crippen LogP contribution in [-0.2, 0) is 6.18 Å². The zero-order valence-corrected chi connectivity index (χ0v) is 29.4.